The Kier molecular flexibility index (Phi) is 4.56. The van der Waals surface area contributed by atoms with Crippen LogP contribution in [-0.2, 0) is 7.05 Å². The molecule has 1 aromatic carbocycles. The van der Waals surface area contributed by atoms with Gasteiger partial charge >= 0.3 is 0 Å². The van der Waals surface area contributed by atoms with Crippen molar-refractivity contribution in [1.82, 2.24) is 24.5 Å². The molecule has 1 fully saturated rings. The Morgan fingerprint density at radius 2 is 1.92 bits per heavy atom. The number of rotatable bonds is 3. The van der Waals surface area contributed by atoms with Crippen molar-refractivity contribution < 1.29 is 4.79 Å². The van der Waals surface area contributed by atoms with E-state index in [1.54, 1.807) is 17.1 Å². The molecule has 1 atom stereocenters. The standard InChI is InChI=1S/C20H23N5O/c1-23-13-5-7-18(23)19-6-3-2-4-14-24(19)20(26)16-8-10-17(11-9-16)25-15-12-21-22-25/h5,7-13,15,19H,2-4,6,14H2,1H3. The first-order valence-corrected chi connectivity index (χ1v) is 9.13. The Morgan fingerprint density at radius 1 is 1.08 bits per heavy atom. The molecular formula is C20H23N5O. The Balaban J connectivity index is 1.61. The van der Waals surface area contributed by atoms with Gasteiger partial charge < -0.3 is 9.47 Å². The minimum atomic E-state index is 0.100. The minimum absolute atomic E-state index is 0.100. The highest BCUT2D eigenvalue weighted by atomic mass is 16.2. The third-order valence-corrected chi connectivity index (χ3v) is 5.14. The SMILES string of the molecule is Cn1cccc1C1CCCCCN1C(=O)c1ccc(-n2ccnn2)cc1. The molecule has 1 aliphatic rings. The zero-order chi connectivity index (χ0) is 17.9. The van der Waals surface area contributed by atoms with Crippen LogP contribution in [0.3, 0.4) is 0 Å². The molecule has 0 radical (unpaired) electrons. The highest BCUT2D eigenvalue weighted by Crippen LogP contribution is 2.31. The Hall–Kier alpha value is -2.89. The molecular weight excluding hydrogens is 326 g/mol. The van der Waals surface area contributed by atoms with Crippen LogP contribution in [0.1, 0.15) is 47.8 Å². The Labute approximate surface area is 153 Å². The van der Waals surface area contributed by atoms with Gasteiger partial charge in [-0.2, -0.15) is 0 Å². The molecule has 3 heterocycles. The van der Waals surface area contributed by atoms with Gasteiger partial charge in [-0.1, -0.05) is 18.1 Å². The van der Waals surface area contributed by atoms with Crippen molar-refractivity contribution in [3.8, 4) is 5.69 Å². The lowest BCUT2D eigenvalue weighted by Crippen LogP contribution is -2.35. The molecule has 3 aromatic rings. The number of carbonyl (C=O) groups excluding carboxylic acids is 1. The van der Waals surface area contributed by atoms with Gasteiger partial charge in [0.2, 0.25) is 0 Å². The number of aryl methyl sites for hydroxylation is 1. The van der Waals surface area contributed by atoms with Crippen LogP contribution in [0.2, 0.25) is 0 Å². The molecule has 6 heteroatoms. The van der Waals surface area contributed by atoms with Crippen molar-refractivity contribution in [2.75, 3.05) is 6.54 Å². The molecule has 0 spiro atoms. The van der Waals surface area contributed by atoms with Crippen LogP contribution in [0.4, 0.5) is 0 Å². The van der Waals surface area contributed by atoms with Crippen LogP contribution in [-0.4, -0.2) is 36.9 Å². The summed E-state index contributed by atoms with van der Waals surface area (Å²) in [7, 11) is 2.05. The van der Waals surface area contributed by atoms with E-state index in [4.69, 9.17) is 0 Å². The molecule has 0 bridgehead atoms. The molecule has 4 rings (SSSR count). The predicted octanol–water partition coefficient (Wildman–Crippen LogP) is 3.36. The number of benzene rings is 1. The van der Waals surface area contributed by atoms with Gasteiger partial charge in [0.15, 0.2) is 0 Å². The Bertz CT molecular complexity index is 866. The molecule has 1 amide bonds. The van der Waals surface area contributed by atoms with Crippen molar-refractivity contribution >= 4 is 5.91 Å². The van der Waals surface area contributed by atoms with Gasteiger partial charge in [0.1, 0.15) is 0 Å². The summed E-state index contributed by atoms with van der Waals surface area (Å²) in [5.41, 5.74) is 2.82. The second-order valence-corrected chi connectivity index (χ2v) is 6.80. The summed E-state index contributed by atoms with van der Waals surface area (Å²) in [6.07, 6.45) is 9.89. The predicted molar refractivity (Wildman–Crippen MR) is 99.0 cm³/mol. The van der Waals surface area contributed by atoms with E-state index in [1.807, 2.05) is 29.2 Å². The van der Waals surface area contributed by atoms with E-state index in [0.29, 0.717) is 0 Å². The molecule has 134 valence electrons. The molecule has 1 aliphatic heterocycles. The van der Waals surface area contributed by atoms with E-state index < -0.39 is 0 Å². The fourth-order valence-corrected chi connectivity index (χ4v) is 3.75. The highest BCUT2D eigenvalue weighted by molar-refractivity contribution is 5.94. The first-order valence-electron chi connectivity index (χ1n) is 9.13. The zero-order valence-electron chi connectivity index (χ0n) is 15.0. The molecule has 1 unspecified atom stereocenters. The molecule has 2 aromatic heterocycles. The summed E-state index contributed by atoms with van der Waals surface area (Å²) in [6, 6.07) is 11.9. The number of carbonyl (C=O) groups is 1. The molecule has 0 N–H and O–H groups in total. The van der Waals surface area contributed by atoms with Crippen molar-refractivity contribution in [2.24, 2.45) is 7.05 Å². The number of likely N-dealkylation sites (tertiary alicyclic amines) is 1. The maximum absolute atomic E-state index is 13.2. The molecule has 6 nitrogen and oxygen atoms in total. The highest BCUT2D eigenvalue weighted by Gasteiger charge is 2.28. The first kappa shape index (κ1) is 16.6. The fraction of sp³-hybridized carbons (Fsp3) is 0.350. The normalized spacial score (nSPS) is 17.9. The summed E-state index contributed by atoms with van der Waals surface area (Å²) in [5.74, 6) is 0.100. The van der Waals surface area contributed by atoms with E-state index in [1.165, 1.54) is 12.1 Å². The van der Waals surface area contributed by atoms with Gasteiger partial charge in [0.05, 0.1) is 24.1 Å². The first-order chi connectivity index (χ1) is 12.7. The van der Waals surface area contributed by atoms with Crippen molar-refractivity contribution in [3.63, 3.8) is 0 Å². The summed E-state index contributed by atoms with van der Waals surface area (Å²) in [5, 5.41) is 7.81. The summed E-state index contributed by atoms with van der Waals surface area (Å²) >= 11 is 0. The largest absolute Gasteiger partial charge is 0.353 e. The maximum atomic E-state index is 13.2. The van der Waals surface area contributed by atoms with E-state index in [9.17, 15) is 4.79 Å². The lowest BCUT2D eigenvalue weighted by atomic mass is 10.1. The van der Waals surface area contributed by atoms with Crippen LogP contribution >= 0.6 is 0 Å². The smallest absolute Gasteiger partial charge is 0.254 e. The van der Waals surface area contributed by atoms with Gasteiger partial charge in [0, 0.05) is 31.0 Å². The third kappa shape index (κ3) is 3.14. The second kappa shape index (κ2) is 7.15. The van der Waals surface area contributed by atoms with Gasteiger partial charge in [-0.25, -0.2) is 4.68 Å². The number of nitrogens with zero attached hydrogens (tertiary/aromatic N) is 5. The van der Waals surface area contributed by atoms with Crippen LogP contribution in [0, 0.1) is 0 Å². The monoisotopic (exact) mass is 349 g/mol. The second-order valence-electron chi connectivity index (χ2n) is 6.80. The van der Waals surface area contributed by atoms with Crippen LogP contribution in [0.25, 0.3) is 5.69 Å². The maximum Gasteiger partial charge on any atom is 0.254 e. The van der Waals surface area contributed by atoms with E-state index >= 15 is 0 Å². The summed E-state index contributed by atoms with van der Waals surface area (Å²) in [4.78, 5) is 15.3. The Morgan fingerprint density at radius 3 is 2.62 bits per heavy atom. The van der Waals surface area contributed by atoms with Gasteiger partial charge in [-0.15, -0.1) is 5.10 Å². The van der Waals surface area contributed by atoms with Gasteiger partial charge in [-0.3, -0.25) is 4.79 Å². The van der Waals surface area contributed by atoms with Crippen LogP contribution in [0.15, 0.2) is 55.0 Å². The quantitative estimate of drug-likeness (QED) is 0.728. The minimum Gasteiger partial charge on any atom is -0.353 e. The van der Waals surface area contributed by atoms with Crippen LogP contribution < -0.4 is 0 Å². The van der Waals surface area contributed by atoms with Gasteiger partial charge in [-0.05, 0) is 49.2 Å². The van der Waals surface area contributed by atoms with Gasteiger partial charge in [0.25, 0.3) is 5.91 Å². The molecule has 26 heavy (non-hydrogen) atoms. The average Bonchev–Trinajstić information content (AvgIpc) is 3.29. The van der Waals surface area contributed by atoms with Crippen molar-refractivity contribution in [1.29, 1.82) is 0 Å². The van der Waals surface area contributed by atoms with E-state index in [-0.39, 0.29) is 11.9 Å². The number of amides is 1. The van der Waals surface area contributed by atoms with E-state index in [0.717, 1.165) is 37.1 Å². The zero-order valence-corrected chi connectivity index (χ0v) is 15.0. The lowest BCUT2D eigenvalue weighted by molar-refractivity contribution is 0.0674. The van der Waals surface area contributed by atoms with Crippen LogP contribution in [0.5, 0.6) is 0 Å². The molecule has 1 saturated heterocycles. The summed E-state index contributed by atoms with van der Waals surface area (Å²) < 4.78 is 3.82. The van der Waals surface area contributed by atoms with Crippen molar-refractivity contribution in [3.05, 3.63) is 66.2 Å². The van der Waals surface area contributed by atoms with E-state index in [2.05, 4.69) is 40.3 Å². The fourth-order valence-electron chi connectivity index (χ4n) is 3.75. The topological polar surface area (TPSA) is 56.0 Å². The average molecular weight is 349 g/mol. The lowest BCUT2D eigenvalue weighted by Gasteiger charge is -2.30. The molecule has 0 saturated carbocycles. The van der Waals surface area contributed by atoms with Crippen molar-refractivity contribution in [2.45, 2.75) is 31.7 Å². The third-order valence-electron chi connectivity index (χ3n) is 5.14. The summed E-state index contributed by atoms with van der Waals surface area (Å²) in [6.45, 7) is 0.805. The number of hydrogen-bond donors (Lipinski definition) is 0. The number of aromatic nitrogens is 4. The molecule has 0 aliphatic carbocycles. The number of hydrogen-bond acceptors (Lipinski definition) is 3.